The number of esters is 2. The van der Waals surface area contributed by atoms with E-state index in [1.807, 2.05) is 0 Å². The maximum absolute atomic E-state index is 12.4. The van der Waals surface area contributed by atoms with E-state index < -0.39 is 23.6 Å². The van der Waals surface area contributed by atoms with Gasteiger partial charge in [-0.15, -0.1) is 0 Å². The van der Waals surface area contributed by atoms with Crippen LogP contribution in [0.4, 0.5) is 10.5 Å². The third-order valence-electron chi connectivity index (χ3n) is 2.87. The molecule has 8 heteroatoms. The van der Waals surface area contributed by atoms with Gasteiger partial charge < -0.3 is 18.8 Å². The predicted molar refractivity (Wildman–Crippen MR) is 91.4 cm³/mol. The molecule has 0 radical (unpaired) electrons. The van der Waals surface area contributed by atoms with Crippen LogP contribution in [-0.2, 0) is 25.5 Å². The van der Waals surface area contributed by atoms with E-state index in [0.717, 1.165) is 0 Å². The van der Waals surface area contributed by atoms with Crippen molar-refractivity contribution in [3.63, 3.8) is 0 Å². The molecule has 0 aliphatic heterocycles. The molecule has 1 heterocycles. The van der Waals surface area contributed by atoms with Crippen LogP contribution >= 0.6 is 0 Å². The Hall–Kier alpha value is -2.77. The minimum Gasteiger partial charge on any atom is -0.469 e. The molecule has 0 bridgehead atoms. The van der Waals surface area contributed by atoms with Crippen molar-refractivity contribution < 1.29 is 28.6 Å². The molecule has 0 spiro atoms. The summed E-state index contributed by atoms with van der Waals surface area (Å²) in [5.41, 5.74) is -0.122. The number of rotatable bonds is 7. The summed E-state index contributed by atoms with van der Waals surface area (Å²) < 4.78 is 16.3. The largest absolute Gasteiger partial charge is 0.469 e. The molecule has 25 heavy (non-hydrogen) atoms. The van der Waals surface area contributed by atoms with E-state index in [1.54, 1.807) is 20.8 Å². The van der Waals surface area contributed by atoms with Crippen molar-refractivity contribution in [2.45, 2.75) is 39.3 Å². The van der Waals surface area contributed by atoms with Crippen molar-refractivity contribution in [3.8, 4) is 0 Å². The number of carbonyl (C=O) groups excluding carboxylic acids is 3. The SMILES string of the molecule is C=CCOC(=O)Nc1cc(C(=O)OC(C)(C)C)n(CCC(=O)OC)c1. The Kier molecular flexibility index (Phi) is 7.22. The number of carbonyl (C=O) groups is 3. The van der Waals surface area contributed by atoms with Crippen molar-refractivity contribution in [2.24, 2.45) is 0 Å². The molecule has 0 atom stereocenters. The van der Waals surface area contributed by atoms with Crippen LogP contribution in [0.15, 0.2) is 24.9 Å². The lowest BCUT2D eigenvalue weighted by molar-refractivity contribution is -0.140. The number of nitrogens with one attached hydrogen (secondary N) is 1. The lowest BCUT2D eigenvalue weighted by atomic mass is 10.2. The average molecular weight is 352 g/mol. The first-order chi connectivity index (χ1) is 11.7. The van der Waals surface area contributed by atoms with Gasteiger partial charge in [-0.05, 0) is 26.8 Å². The van der Waals surface area contributed by atoms with Crippen LogP contribution in [0.5, 0.6) is 0 Å². The molecule has 138 valence electrons. The van der Waals surface area contributed by atoms with Gasteiger partial charge in [-0.2, -0.15) is 0 Å². The zero-order chi connectivity index (χ0) is 19.0. The standard InChI is InChI=1S/C17H24N2O6/c1-6-9-24-16(22)18-12-10-13(15(21)25-17(2,3)4)19(11-12)8-7-14(20)23-5/h6,10-11H,1,7-9H2,2-5H3,(H,18,22). The van der Waals surface area contributed by atoms with Gasteiger partial charge in [0.05, 0.1) is 19.2 Å². The van der Waals surface area contributed by atoms with Gasteiger partial charge in [0.2, 0.25) is 0 Å². The number of aryl methyl sites for hydroxylation is 1. The molecule has 0 fully saturated rings. The molecule has 0 aromatic carbocycles. The van der Waals surface area contributed by atoms with Gasteiger partial charge >= 0.3 is 18.0 Å². The first-order valence-electron chi connectivity index (χ1n) is 7.71. The van der Waals surface area contributed by atoms with Gasteiger partial charge in [0.25, 0.3) is 0 Å². The highest BCUT2D eigenvalue weighted by atomic mass is 16.6. The number of amides is 1. The first kappa shape index (κ1) is 20.3. The quantitative estimate of drug-likeness (QED) is 0.460. The number of hydrogen-bond donors (Lipinski definition) is 1. The molecule has 0 aliphatic carbocycles. The Morgan fingerprint density at radius 2 is 2.00 bits per heavy atom. The zero-order valence-corrected chi connectivity index (χ0v) is 15.0. The number of ether oxygens (including phenoxy) is 3. The van der Waals surface area contributed by atoms with Crippen LogP contribution in [0.3, 0.4) is 0 Å². The maximum Gasteiger partial charge on any atom is 0.411 e. The van der Waals surface area contributed by atoms with E-state index in [1.165, 1.54) is 30.0 Å². The van der Waals surface area contributed by atoms with Crippen molar-refractivity contribution >= 4 is 23.7 Å². The predicted octanol–water partition coefficient (Wildman–Crippen LogP) is 2.74. The molecule has 0 saturated heterocycles. The van der Waals surface area contributed by atoms with Crippen LogP contribution in [0.2, 0.25) is 0 Å². The van der Waals surface area contributed by atoms with E-state index in [9.17, 15) is 14.4 Å². The molecule has 0 aliphatic rings. The fourth-order valence-corrected chi connectivity index (χ4v) is 1.87. The smallest absolute Gasteiger partial charge is 0.411 e. The summed E-state index contributed by atoms with van der Waals surface area (Å²) in [6.45, 7) is 8.96. The van der Waals surface area contributed by atoms with Gasteiger partial charge in [-0.25, -0.2) is 9.59 Å². The van der Waals surface area contributed by atoms with Crippen molar-refractivity contribution in [1.29, 1.82) is 0 Å². The lowest BCUT2D eigenvalue weighted by Crippen LogP contribution is -2.25. The number of hydrogen-bond acceptors (Lipinski definition) is 6. The second-order valence-electron chi connectivity index (χ2n) is 6.15. The molecule has 1 aromatic heterocycles. The van der Waals surface area contributed by atoms with E-state index >= 15 is 0 Å². The molecular formula is C17H24N2O6. The summed E-state index contributed by atoms with van der Waals surface area (Å²) in [6.07, 6.45) is 2.35. The van der Waals surface area contributed by atoms with E-state index in [-0.39, 0.29) is 25.3 Å². The Balaban J connectivity index is 2.97. The first-order valence-corrected chi connectivity index (χ1v) is 7.71. The number of aromatic nitrogens is 1. The highest BCUT2D eigenvalue weighted by molar-refractivity contribution is 5.92. The maximum atomic E-state index is 12.4. The third kappa shape index (κ3) is 7.11. The molecule has 1 aromatic rings. The topological polar surface area (TPSA) is 95.9 Å². The van der Waals surface area contributed by atoms with Crippen molar-refractivity contribution in [1.82, 2.24) is 4.57 Å². The van der Waals surface area contributed by atoms with Crippen LogP contribution in [0.1, 0.15) is 37.7 Å². The number of nitrogens with zero attached hydrogens (tertiary/aromatic N) is 1. The normalized spacial score (nSPS) is 10.7. The molecule has 0 saturated carbocycles. The molecule has 1 amide bonds. The fourth-order valence-electron chi connectivity index (χ4n) is 1.87. The Bertz CT molecular complexity index is 642. The summed E-state index contributed by atoms with van der Waals surface area (Å²) in [5.74, 6) is -0.978. The second-order valence-corrected chi connectivity index (χ2v) is 6.15. The fraction of sp³-hybridized carbons (Fsp3) is 0.471. The summed E-state index contributed by atoms with van der Waals surface area (Å²) in [6, 6.07) is 1.46. The summed E-state index contributed by atoms with van der Waals surface area (Å²) in [4.78, 5) is 35.3. The highest BCUT2D eigenvalue weighted by Crippen LogP contribution is 2.19. The van der Waals surface area contributed by atoms with Gasteiger partial charge in [0.1, 0.15) is 17.9 Å². The van der Waals surface area contributed by atoms with Gasteiger partial charge in [0, 0.05) is 12.7 Å². The summed E-state index contributed by atoms with van der Waals surface area (Å²) in [5, 5.41) is 2.50. The minimum atomic E-state index is -0.680. The second kappa shape index (κ2) is 8.91. The van der Waals surface area contributed by atoms with Crippen LogP contribution in [0.25, 0.3) is 0 Å². The molecule has 1 N–H and O–H groups in total. The molecular weight excluding hydrogens is 328 g/mol. The van der Waals surface area contributed by atoms with Gasteiger partial charge in [-0.3, -0.25) is 10.1 Å². The summed E-state index contributed by atoms with van der Waals surface area (Å²) in [7, 11) is 1.29. The lowest BCUT2D eigenvalue weighted by Gasteiger charge is -2.20. The Labute approximate surface area is 146 Å². The molecule has 8 nitrogen and oxygen atoms in total. The zero-order valence-electron chi connectivity index (χ0n) is 15.0. The molecule has 0 unspecified atom stereocenters. The van der Waals surface area contributed by atoms with Crippen LogP contribution < -0.4 is 5.32 Å². The average Bonchev–Trinajstić information content (AvgIpc) is 2.91. The van der Waals surface area contributed by atoms with E-state index in [4.69, 9.17) is 9.47 Å². The molecule has 1 rings (SSSR count). The van der Waals surface area contributed by atoms with Crippen LogP contribution in [-0.4, -0.2) is 41.9 Å². The third-order valence-corrected chi connectivity index (χ3v) is 2.87. The van der Waals surface area contributed by atoms with Gasteiger partial charge in [0.15, 0.2) is 0 Å². The highest BCUT2D eigenvalue weighted by Gasteiger charge is 2.22. The van der Waals surface area contributed by atoms with E-state index in [0.29, 0.717) is 5.69 Å². The van der Waals surface area contributed by atoms with E-state index in [2.05, 4.69) is 16.6 Å². The summed E-state index contributed by atoms with van der Waals surface area (Å²) >= 11 is 0. The van der Waals surface area contributed by atoms with Gasteiger partial charge in [-0.1, -0.05) is 12.7 Å². The Morgan fingerprint density at radius 1 is 1.32 bits per heavy atom. The van der Waals surface area contributed by atoms with Crippen molar-refractivity contribution in [3.05, 3.63) is 30.6 Å². The number of anilines is 1. The minimum absolute atomic E-state index is 0.0633. The number of methoxy groups -OCH3 is 1. The van der Waals surface area contributed by atoms with Crippen LogP contribution in [0, 0.1) is 0 Å². The monoisotopic (exact) mass is 352 g/mol. The van der Waals surface area contributed by atoms with Crippen molar-refractivity contribution in [2.75, 3.05) is 19.0 Å². The Morgan fingerprint density at radius 3 is 2.56 bits per heavy atom.